The van der Waals surface area contributed by atoms with Crippen molar-refractivity contribution in [1.82, 2.24) is 15.6 Å². The van der Waals surface area contributed by atoms with Gasteiger partial charge in [0.2, 0.25) is 0 Å². The number of alkyl halides is 3. The molecule has 2 aromatic rings. The number of hydrogen-bond donors (Lipinski definition) is 2. The molecule has 0 spiro atoms. The summed E-state index contributed by atoms with van der Waals surface area (Å²) < 4.78 is 52.2. The van der Waals surface area contributed by atoms with E-state index in [-0.39, 0.29) is 36.1 Å². The lowest BCUT2D eigenvalue weighted by atomic mass is 10.1. The number of aromatic nitrogens is 1. The first-order chi connectivity index (χ1) is 12.2. The van der Waals surface area contributed by atoms with Crippen LogP contribution in [0.5, 0.6) is 0 Å². The Morgan fingerprint density at radius 1 is 1.22 bits per heavy atom. The molecule has 0 aliphatic carbocycles. The second-order valence-corrected chi connectivity index (χ2v) is 6.94. The SMILES string of the molecule is CN=C(NCCc1nc(C)c(C)s1)NCc1ccc(F)cc1C(F)(F)F.I. The summed E-state index contributed by atoms with van der Waals surface area (Å²) in [5.74, 6) is -0.551. The third-order valence-electron chi connectivity index (χ3n) is 3.75. The molecule has 4 nitrogen and oxygen atoms in total. The number of rotatable bonds is 5. The summed E-state index contributed by atoms with van der Waals surface area (Å²) in [5, 5.41) is 6.84. The molecule has 10 heteroatoms. The molecule has 0 fully saturated rings. The Morgan fingerprint density at radius 2 is 1.93 bits per heavy atom. The van der Waals surface area contributed by atoms with E-state index in [1.165, 1.54) is 11.9 Å². The van der Waals surface area contributed by atoms with Gasteiger partial charge in [0, 0.05) is 31.4 Å². The van der Waals surface area contributed by atoms with E-state index >= 15 is 0 Å². The second-order valence-electron chi connectivity index (χ2n) is 5.65. The van der Waals surface area contributed by atoms with Gasteiger partial charge in [-0.2, -0.15) is 13.2 Å². The van der Waals surface area contributed by atoms with Crippen molar-refractivity contribution in [2.75, 3.05) is 13.6 Å². The highest BCUT2D eigenvalue weighted by atomic mass is 127. The molecule has 0 bridgehead atoms. The fourth-order valence-corrected chi connectivity index (χ4v) is 3.23. The van der Waals surface area contributed by atoms with Crippen molar-refractivity contribution in [3.8, 4) is 0 Å². The van der Waals surface area contributed by atoms with Gasteiger partial charge in [0.25, 0.3) is 0 Å². The van der Waals surface area contributed by atoms with E-state index in [4.69, 9.17) is 0 Å². The lowest BCUT2D eigenvalue weighted by molar-refractivity contribution is -0.138. The first-order valence-electron chi connectivity index (χ1n) is 7.93. The summed E-state index contributed by atoms with van der Waals surface area (Å²) in [4.78, 5) is 9.58. The van der Waals surface area contributed by atoms with Crippen molar-refractivity contribution in [3.05, 3.63) is 50.7 Å². The normalized spacial score (nSPS) is 11.9. The molecular weight excluding hydrogens is 495 g/mol. The highest BCUT2D eigenvalue weighted by Crippen LogP contribution is 2.32. The van der Waals surface area contributed by atoms with Gasteiger partial charge in [-0.05, 0) is 31.5 Å². The van der Waals surface area contributed by atoms with Crippen LogP contribution in [0.25, 0.3) is 0 Å². The highest BCUT2D eigenvalue weighted by Gasteiger charge is 2.33. The summed E-state index contributed by atoms with van der Waals surface area (Å²) in [7, 11) is 1.53. The number of guanidine groups is 1. The average molecular weight is 516 g/mol. The Bertz CT molecular complexity index is 770. The summed E-state index contributed by atoms with van der Waals surface area (Å²) in [6.07, 6.45) is -3.93. The van der Waals surface area contributed by atoms with Gasteiger partial charge in [-0.1, -0.05) is 6.07 Å². The minimum atomic E-state index is -4.61. The van der Waals surface area contributed by atoms with Gasteiger partial charge in [-0.3, -0.25) is 4.99 Å². The molecule has 27 heavy (non-hydrogen) atoms. The molecule has 2 rings (SSSR count). The van der Waals surface area contributed by atoms with Crippen molar-refractivity contribution >= 4 is 41.3 Å². The van der Waals surface area contributed by atoms with Gasteiger partial charge in [-0.25, -0.2) is 9.37 Å². The second kappa shape index (κ2) is 10.2. The number of nitrogens with one attached hydrogen (secondary N) is 2. The maximum Gasteiger partial charge on any atom is 0.416 e. The minimum absolute atomic E-state index is 0. The molecule has 0 aliphatic heterocycles. The van der Waals surface area contributed by atoms with Crippen molar-refractivity contribution in [3.63, 3.8) is 0 Å². The van der Waals surface area contributed by atoms with Crippen LogP contribution in [0.15, 0.2) is 23.2 Å². The molecule has 0 aliphatic rings. The van der Waals surface area contributed by atoms with E-state index in [0.717, 1.165) is 22.8 Å². The maximum atomic E-state index is 13.1. The average Bonchev–Trinajstić information content (AvgIpc) is 2.88. The molecule has 0 saturated heterocycles. The molecule has 1 aromatic carbocycles. The van der Waals surface area contributed by atoms with E-state index in [1.807, 2.05) is 13.8 Å². The molecule has 1 aromatic heterocycles. The zero-order valence-corrected chi connectivity index (χ0v) is 18.2. The standard InChI is InChI=1S/C17H20F4N4S.HI/c1-10-11(2)26-15(25-10)6-7-23-16(22-3)24-9-12-4-5-13(18)8-14(12)17(19,20)21;/h4-5,8H,6-7,9H2,1-3H3,(H2,22,23,24);1H. The Morgan fingerprint density at radius 3 is 2.48 bits per heavy atom. The molecule has 0 amide bonds. The van der Waals surface area contributed by atoms with Crippen LogP contribution >= 0.6 is 35.3 Å². The fourth-order valence-electron chi connectivity index (χ4n) is 2.30. The van der Waals surface area contributed by atoms with Crippen LogP contribution in [0.1, 0.15) is 26.7 Å². The van der Waals surface area contributed by atoms with Crippen molar-refractivity contribution in [2.24, 2.45) is 4.99 Å². The minimum Gasteiger partial charge on any atom is -0.356 e. The predicted molar refractivity (Wildman–Crippen MR) is 110 cm³/mol. The van der Waals surface area contributed by atoms with Gasteiger partial charge in [0.1, 0.15) is 5.82 Å². The van der Waals surface area contributed by atoms with Crippen molar-refractivity contribution in [1.29, 1.82) is 0 Å². The van der Waals surface area contributed by atoms with Crippen LogP contribution in [0, 0.1) is 19.7 Å². The third kappa shape index (κ3) is 6.91. The summed E-state index contributed by atoms with van der Waals surface area (Å²) in [6, 6.07) is 2.63. The number of hydrogen-bond acceptors (Lipinski definition) is 3. The lowest BCUT2D eigenvalue weighted by Crippen LogP contribution is -2.38. The van der Waals surface area contributed by atoms with Crippen LogP contribution in [-0.4, -0.2) is 24.5 Å². The maximum absolute atomic E-state index is 13.1. The quantitative estimate of drug-likeness (QED) is 0.268. The van der Waals surface area contributed by atoms with E-state index in [9.17, 15) is 17.6 Å². The topological polar surface area (TPSA) is 49.3 Å². The number of halogens is 5. The lowest BCUT2D eigenvalue weighted by Gasteiger charge is -2.15. The third-order valence-corrected chi connectivity index (χ3v) is 4.88. The zero-order valence-electron chi connectivity index (χ0n) is 15.1. The van der Waals surface area contributed by atoms with E-state index < -0.39 is 17.6 Å². The van der Waals surface area contributed by atoms with Gasteiger partial charge in [-0.15, -0.1) is 35.3 Å². The van der Waals surface area contributed by atoms with Gasteiger partial charge in [0.15, 0.2) is 5.96 Å². The van der Waals surface area contributed by atoms with Crippen molar-refractivity contribution < 1.29 is 17.6 Å². The van der Waals surface area contributed by atoms with Crippen LogP contribution in [0.3, 0.4) is 0 Å². The molecule has 0 saturated carbocycles. The number of aliphatic imine (C=N–C) groups is 1. The smallest absolute Gasteiger partial charge is 0.356 e. The first-order valence-corrected chi connectivity index (χ1v) is 8.75. The summed E-state index contributed by atoms with van der Waals surface area (Å²) >= 11 is 1.62. The van der Waals surface area contributed by atoms with Crippen molar-refractivity contribution in [2.45, 2.75) is 33.0 Å². The Hall–Kier alpha value is -1.43. The van der Waals surface area contributed by atoms with Gasteiger partial charge < -0.3 is 10.6 Å². The number of thiazole rings is 1. The molecule has 0 atom stereocenters. The molecule has 0 unspecified atom stereocenters. The fraction of sp³-hybridized carbons (Fsp3) is 0.412. The first kappa shape index (κ1) is 23.6. The van der Waals surface area contributed by atoms with Crippen LogP contribution in [0.4, 0.5) is 17.6 Å². The Balaban J connectivity index is 0.00000364. The summed E-state index contributed by atoms with van der Waals surface area (Å²) in [6.45, 7) is 4.38. The van der Waals surface area contributed by atoms with Crippen LogP contribution in [0.2, 0.25) is 0 Å². The van der Waals surface area contributed by atoms with Crippen LogP contribution < -0.4 is 10.6 Å². The molecule has 0 radical (unpaired) electrons. The molecular formula is C17H21F4IN4S. The van der Waals surface area contributed by atoms with Crippen LogP contribution in [-0.2, 0) is 19.1 Å². The van der Waals surface area contributed by atoms with E-state index in [1.54, 1.807) is 11.3 Å². The largest absolute Gasteiger partial charge is 0.416 e. The Labute approximate surface area is 176 Å². The highest BCUT2D eigenvalue weighted by molar-refractivity contribution is 14.0. The molecule has 2 N–H and O–H groups in total. The summed E-state index contributed by atoms with van der Waals surface area (Å²) in [5.41, 5.74) is -0.0364. The van der Waals surface area contributed by atoms with E-state index in [2.05, 4.69) is 20.6 Å². The number of nitrogens with zero attached hydrogens (tertiary/aromatic N) is 2. The van der Waals surface area contributed by atoms with E-state index in [0.29, 0.717) is 25.0 Å². The number of aryl methyl sites for hydroxylation is 2. The van der Waals surface area contributed by atoms with Gasteiger partial charge >= 0.3 is 6.18 Å². The monoisotopic (exact) mass is 516 g/mol. The molecule has 1 heterocycles. The zero-order chi connectivity index (χ0) is 19.3. The number of benzene rings is 1. The van der Waals surface area contributed by atoms with Gasteiger partial charge in [0.05, 0.1) is 16.3 Å². The Kier molecular flexibility index (Phi) is 8.92. The molecule has 150 valence electrons. The predicted octanol–water partition coefficient (Wildman–Crippen LogP) is 4.44.